The van der Waals surface area contributed by atoms with Crippen LogP contribution in [0.1, 0.15) is 34.0 Å². The maximum Gasteiger partial charge on any atom is 0.265 e. The first-order valence-corrected chi connectivity index (χ1v) is 11.8. The van der Waals surface area contributed by atoms with Crippen molar-refractivity contribution in [3.05, 3.63) is 89.0 Å². The quantitative estimate of drug-likeness (QED) is 0.540. The molecule has 7 heteroatoms. The molecule has 0 spiro atoms. The van der Waals surface area contributed by atoms with Crippen molar-refractivity contribution in [1.82, 2.24) is 4.90 Å². The normalized spacial score (nSPS) is 11.1. The van der Waals surface area contributed by atoms with Gasteiger partial charge in [0.1, 0.15) is 10.6 Å². The zero-order valence-electron chi connectivity index (χ0n) is 18.8. The van der Waals surface area contributed by atoms with Crippen LogP contribution in [0, 0.1) is 6.92 Å². The van der Waals surface area contributed by atoms with E-state index in [1.807, 2.05) is 50.2 Å². The molecule has 0 unspecified atom stereocenters. The summed E-state index contributed by atoms with van der Waals surface area (Å²) in [7, 11) is -0.875. The molecule has 32 heavy (non-hydrogen) atoms. The molecule has 0 heterocycles. The molecule has 0 fully saturated rings. The first-order chi connectivity index (χ1) is 15.2. The second-order valence-electron chi connectivity index (χ2n) is 7.61. The van der Waals surface area contributed by atoms with Gasteiger partial charge in [0.05, 0.1) is 7.11 Å². The molecule has 1 amide bonds. The van der Waals surface area contributed by atoms with Crippen LogP contribution in [0.5, 0.6) is 5.75 Å². The fourth-order valence-electron chi connectivity index (χ4n) is 3.37. The van der Waals surface area contributed by atoms with Crippen LogP contribution in [-0.2, 0) is 23.0 Å². The Hall–Kier alpha value is -3.32. The van der Waals surface area contributed by atoms with Gasteiger partial charge in [0, 0.05) is 24.8 Å². The lowest BCUT2D eigenvalue weighted by molar-refractivity contribution is 0.0784. The molecule has 0 saturated carbocycles. The number of nitrogens with zero attached hydrogens (tertiary/aromatic N) is 1. The first kappa shape index (κ1) is 23.3. The Labute approximate surface area is 189 Å². The van der Waals surface area contributed by atoms with Gasteiger partial charge in [0.15, 0.2) is 0 Å². The monoisotopic (exact) mass is 452 g/mol. The Morgan fingerprint density at radius 3 is 2.34 bits per heavy atom. The van der Waals surface area contributed by atoms with E-state index in [1.165, 1.54) is 19.2 Å². The Morgan fingerprint density at radius 1 is 1.03 bits per heavy atom. The van der Waals surface area contributed by atoms with Crippen LogP contribution in [0.25, 0.3) is 0 Å². The van der Waals surface area contributed by atoms with Gasteiger partial charge in [0.25, 0.3) is 15.9 Å². The molecule has 0 saturated heterocycles. The summed E-state index contributed by atoms with van der Waals surface area (Å²) in [5.74, 6) is -0.111. The van der Waals surface area contributed by atoms with Gasteiger partial charge in [-0.05, 0) is 60.4 Å². The van der Waals surface area contributed by atoms with Gasteiger partial charge < -0.3 is 9.64 Å². The number of anilines is 1. The number of nitrogens with one attached hydrogen (secondary N) is 1. The highest BCUT2D eigenvalue weighted by Crippen LogP contribution is 2.28. The average molecular weight is 453 g/mol. The van der Waals surface area contributed by atoms with E-state index in [9.17, 15) is 13.2 Å². The number of amides is 1. The fourth-order valence-corrected chi connectivity index (χ4v) is 4.63. The van der Waals surface area contributed by atoms with Crippen LogP contribution in [0.15, 0.2) is 71.6 Å². The predicted molar refractivity (Wildman–Crippen MR) is 127 cm³/mol. The van der Waals surface area contributed by atoms with Crippen molar-refractivity contribution in [2.24, 2.45) is 0 Å². The second kappa shape index (κ2) is 9.87. The minimum absolute atomic E-state index is 0.0882. The molecule has 0 aromatic heterocycles. The van der Waals surface area contributed by atoms with E-state index in [2.05, 4.69) is 4.72 Å². The highest BCUT2D eigenvalue weighted by Gasteiger charge is 2.23. The largest absolute Gasteiger partial charge is 0.495 e. The summed E-state index contributed by atoms with van der Waals surface area (Å²) in [4.78, 5) is 14.5. The number of carbonyl (C=O) groups is 1. The van der Waals surface area contributed by atoms with Crippen LogP contribution in [0.3, 0.4) is 0 Å². The molecule has 3 rings (SSSR count). The van der Waals surface area contributed by atoms with E-state index in [4.69, 9.17) is 4.74 Å². The summed E-state index contributed by atoms with van der Waals surface area (Å²) >= 11 is 0. The summed E-state index contributed by atoms with van der Waals surface area (Å²) < 4.78 is 34.0. The Bertz CT molecular complexity index is 1200. The topological polar surface area (TPSA) is 75.7 Å². The number of sulfonamides is 1. The van der Waals surface area contributed by atoms with Crippen LogP contribution in [-0.4, -0.2) is 33.4 Å². The molecule has 0 aliphatic carbocycles. The molecule has 0 bridgehead atoms. The third kappa shape index (κ3) is 5.29. The van der Waals surface area contributed by atoms with E-state index in [-0.39, 0.29) is 22.1 Å². The lowest BCUT2D eigenvalue weighted by Gasteiger charge is -2.20. The Kier molecular flexibility index (Phi) is 7.20. The molecule has 0 aliphatic heterocycles. The van der Waals surface area contributed by atoms with Crippen LogP contribution in [0.4, 0.5) is 5.69 Å². The number of benzene rings is 3. The van der Waals surface area contributed by atoms with Crippen LogP contribution in [0.2, 0.25) is 0 Å². The van der Waals surface area contributed by atoms with E-state index in [0.717, 1.165) is 23.1 Å². The summed E-state index contributed by atoms with van der Waals surface area (Å²) in [6.45, 7) is 4.44. The minimum Gasteiger partial charge on any atom is -0.495 e. The number of carbonyl (C=O) groups excluding carboxylic acids is 1. The fraction of sp³-hybridized carbons (Fsp3) is 0.240. The van der Waals surface area contributed by atoms with Gasteiger partial charge in [0.2, 0.25) is 0 Å². The van der Waals surface area contributed by atoms with Crippen molar-refractivity contribution in [2.45, 2.75) is 31.7 Å². The van der Waals surface area contributed by atoms with Crippen LogP contribution < -0.4 is 9.46 Å². The summed E-state index contributed by atoms with van der Waals surface area (Å²) in [5, 5.41) is 0. The molecule has 6 nitrogen and oxygen atoms in total. The number of ether oxygens (including phenoxy) is 1. The number of rotatable bonds is 8. The zero-order chi connectivity index (χ0) is 23.3. The van der Waals surface area contributed by atoms with Crippen molar-refractivity contribution in [1.29, 1.82) is 0 Å². The van der Waals surface area contributed by atoms with Crippen LogP contribution >= 0.6 is 0 Å². The van der Waals surface area contributed by atoms with Gasteiger partial charge >= 0.3 is 0 Å². The molecule has 0 radical (unpaired) electrons. The summed E-state index contributed by atoms with van der Waals surface area (Å²) in [5.41, 5.74) is 3.93. The maximum atomic E-state index is 13.1. The highest BCUT2D eigenvalue weighted by molar-refractivity contribution is 7.92. The smallest absolute Gasteiger partial charge is 0.265 e. The molecular weight excluding hydrogens is 424 g/mol. The predicted octanol–water partition coefficient (Wildman–Crippen LogP) is 4.64. The van der Waals surface area contributed by atoms with Crippen molar-refractivity contribution in [2.75, 3.05) is 18.9 Å². The second-order valence-corrected chi connectivity index (χ2v) is 9.26. The standard InChI is InChI=1S/C25H28N2O4S/c1-5-19-10-13-22(14-11-19)26-32(29,30)24-16-20(12-15-23(24)31-4)25(28)27(3)17-21-9-7-6-8-18(21)2/h6-16,26H,5,17H2,1-4H3. The van der Waals surface area contributed by atoms with E-state index < -0.39 is 10.0 Å². The van der Waals surface area contributed by atoms with Gasteiger partial charge in [-0.3, -0.25) is 9.52 Å². The first-order valence-electron chi connectivity index (χ1n) is 10.3. The maximum absolute atomic E-state index is 13.1. The van der Waals surface area contributed by atoms with Crippen molar-refractivity contribution in [3.8, 4) is 5.75 Å². The zero-order valence-corrected chi connectivity index (χ0v) is 19.6. The van der Waals surface area contributed by atoms with Gasteiger partial charge in [-0.15, -0.1) is 0 Å². The molecule has 168 valence electrons. The third-order valence-electron chi connectivity index (χ3n) is 5.33. The van der Waals surface area contributed by atoms with Gasteiger partial charge in [-0.1, -0.05) is 43.3 Å². The summed E-state index contributed by atoms with van der Waals surface area (Å²) in [6, 6.07) is 19.4. The number of methoxy groups -OCH3 is 1. The molecule has 1 N–H and O–H groups in total. The van der Waals surface area contributed by atoms with Crippen molar-refractivity contribution < 1.29 is 17.9 Å². The lowest BCUT2D eigenvalue weighted by atomic mass is 10.1. The summed E-state index contributed by atoms with van der Waals surface area (Å²) in [6.07, 6.45) is 0.862. The third-order valence-corrected chi connectivity index (χ3v) is 6.73. The Balaban J connectivity index is 1.88. The van der Waals surface area contributed by atoms with E-state index in [1.54, 1.807) is 30.1 Å². The van der Waals surface area contributed by atoms with Gasteiger partial charge in [-0.25, -0.2) is 8.42 Å². The van der Waals surface area contributed by atoms with Crippen molar-refractivity contribution in [3.63, 3.8) is 0 Å². The molecular formula is C25H28N2O4S. The molecule has 0 atom stereocenters. The molecule has 3 aromatic carbocycles. The molecule has 0 aliphatic rings. The van der Waals surface area contributed by atoms with E-state index in [0.29, 0.717) is 12.2 Å². The number of hydrogen-bond donors (Lipinski definition) is 1. The lowest BCUT2D eigenvalue weighted by Crippen LogP contribution is -2.27. The number of hydrogen-bond acceptors (Lipinski definition) is 4. The Morgan fingerprint density at radius 2 is 1.72 bits per heavy atom. The number of aryl methyl sites for hydroxylation is 2. The van der Waals surface area contributed by atoms with E-state index >= 15 is 0 Å². The van der Waals surface area contributed by atoms with Gasteiger partial charge in [-0.2, -0.15) is 0 Å². The average Bonchev–Trinajstić information content (AvgIpc) is 2.80. The highest BCUT2D eigenvalue weighted by atomic mass is 32.2. The SMILES string of the molecule is CCc1ccc(NS(=O)(=O)c2cc(C(=O)N(C)Cc3ccccc3C)ccc2OC)cc1. The minimum atomic E-state index is -3.97. The molecule has 3 aromatic rings. The van der Waals surface area contributed by atoms with Crippen molar-refractivity contribution >= 4 is 21.6 Å².